The lowest BCUT2D eigenvalue weighted by Crippen LogP contribution is -2.53. The Labute approximate surface area is 202 Å². The Morgan fingerprint density at radius 3 is 2.79 bits per heavy atom. The first-order chi connectivity index (χ1) is 16.8. The normalized spacial score (nSPS) is 19.2. The van der Waals surface area contributed by atoms with Crippen molar-refractivity contribution in [1.82, 2.24) is 10.3 Å². The number of nitrogens with zero attached hydrogens (tertiary/aromatic N) is 1. The monoisotopic (exact) mass is 457 g/mol. The lowest BCUT2D eigenvalue weighted by atomic mass is 9.80. The van der Waals surface area contributed by atoms with Crippen LogP contribution in [0.4, 0.5) is 5.69 Å². The van der Waals surface area contributed by atoms with E-state index in [1.165, 1.54) is 30.5 Å². The summed E-state index contributed by atoms with van der Waals surface area (Å²) >= 11 is 0. The van der Waals surface area contributed by atoms with Crippen molar-refractivity contribution < 1.29 is 9.53 Å². The third-order valence-corrected chi connectivity index (χ3v) is 7.34. The molecule has 0 amide bonds. The molecule has 0 radical (unpaired) electrons. The van der Waals surface area contributed by atoms with Crippen LogP contribution in [0.25, 0.3) is 10.9 Å². The molecule has 2 heterocycles. The van der Waals surface area contributed by atoms with Crippen molar-refractivity contribution in [2.45, 2.75) is 63.5 Å². The van der Waals surface area contributed by atoms with E-state index in [9.17, 15) is 4.79 Å². The van der Waals surface area contributed by atoms with Crippen molar-refractivity contribution in [3.63, 3.8) is 0 Å². The molecule has 1 aliphatic heterocycles. The van der Waals surface area contributed by atoms with E-state index in [-0.39, 0.29) is 18.0 Å². The zero-order valence-corrected chi connectivity index (χ0v) is 19.8. The highest BCUT2D eigenvalue weighted by Gasteiger charge is 2.34. The number of anilines is 1. The van der Waals surface area contributed by atoms with Crippen molar-refractivity contribution in [2.75, 3.05) is 18.5 Å². The van der Waals surface area contributed by atoms with Crippen LogP contribution in [-0.2, 0) is 11.2 Å². The largest absolute Gasteiger partial charge is 0.491 e. The summed E-state index contributed by atoms with van der Waals surface area (Å²) in [6.45, 7) is 1.34. The van der Waals surface area contributed by atoms with Gasteiger partial charge in [-0.05, 0) is 62.4 Å². The van der Waals surface area contributed by atoms with Crippen LogP contribution in [0, 0.1) is 5.92 Å². The number of aromatic nitrogens is 1. The molecule has 1 aliphatic carbocycles. The number of aryl methyl sites for hydroxylation is 1. The average Bonchev–Trinajstić information content (AvgIpc) is 2.90. The Balaban J connectivity index is 1.20. The van der Waals surface area contributed by atoms with Crippen molar-refractivity contribution in [2.24, 2.45) is 5.92 Å². The predicted molar refractivity (Wildman–Crippen MR) is 137 cm³/mol. The van der Waals surface area contributed by atoms with Gasteiger partial charge in [0.1, 0.15) is 11.3 Å². The molecule has 2 atom stereocenters. The van der Waals surface area contributed by atoms with E-state index in [2.05, 4.69) is 39.9 Å². The first kappa shape index (κ1) is 22.9. The molecule has 1 fully saturated rings. The molecule has 2 N–H and O–H groups in total. The van der Waals surface area contributed by atoms with Crippen LogP contribution >= 0.6 is 0 Å². The molecule has 178 valence electrons. The minimum absolute atomic E-state index is 0.132. The summed E-state index contributed by atoms with van der Waals surface area (Å²) in [4.78, 5) is 18.1. The number of pyridine rings is 1. The van der Waals surface area contributed by atoms with E-state index in [1.807, 2.05) is 30.3 Å². The number of hydrogen-bond acceptors (Lipinski definition) is 5. The van der Waals surface area contributed by atoms with E-state index >= 15 is 0 Å². The van der Waals surface area contributed by atoms with Gasteiger partial charge in [-0.3, -0.25) is 9.78 Å². The van der Waals surface area contributed by atoms with Gasteiger partial charge in [0.25, 0.3) is 0 Å². The highest BCUT2D eigenvalue weighted by molar-refractivity contribution is 5.88. The standard InChI is InChI=1S/C29H35N3O2/c33-29(23-10-2-1-3-11-23)28(25-17-16-21-9-4-5-14-24(21)32-25)31-19-8-20-34-26-15-6-12-22-13-7-18-30-27(22)26/h4-7,9,12-15,18,23,25,28,31-32H,1-3,8,10-11,16-17,19-20H2. The van der Waals surface area contributed by atoms with Gasteiger partial charge in [0.15, 0.2) is 5.78 Å². The van der Waals surface area contributed by atoms with Gasteiger partial charge < -0.3 is 15.4 Å². The van der Waals surface area contributed by atoms with Crippen molar-refractivity contribution >= 4 is 22.4 Å². The maximum absolute atomic E-state index is 13.6. The summed E-state index contributed by atoms with van der Waals surface area (Å²) in [5.74, 6) is 1.41. The Bertz CT molecular complexity index is 1100. The number of rotatable bonds is 9. The molecule has 0 spiro atoms. The van der Waals surface area contributed by atoms with E-state index < -0.39 is 0 Å². The summed E-state index contributed by atoms with van der Waals surface area (Å²) in [7, 11) is 0. The maximum Gasteiger partial charge on any atom is 0.154 e. The summed E-state index contributed by atoms with van der Waals surface area (Å²) in [5.41, 5.74) is 3.42. The van der Waals surface area contributed by atoms with E-state index in [0.717, 1.165) is 55.3 Å². The van der Waals surface area contributed by atoms with Crippen LogP contribution in [0.15, 0.2) is 60.8 Å². The third kappa shape index (κ3) is 5.25. The summed E-state index contributed by atoms with van der Waals surface area (Å²) < 4.78 is 6.07. The fraction of sp³-hybridized carbons (Fsp3) is 0.448. The number of carbonyl (C=O) groups is 1. The lowest BCUT2D eigenvalue weighted by molar-refractivity contribution is -0.126. The highest BCUT2D eigenvalue weighted by Crippen LogP contribution is 2.30. The minimum Gasteiger partial charge on any atom is -0.491 e. The molecular formula is C29H35N3O2. The van der Waals surface area contributed by atoms with Gasteiger partial charge in [0.2, 0.25) is 0 Å². The molecule has 2 unspecified atom stereocenters. The van der Waals surface area contributed by atoms with E-state index in [1.54, 1.807) is 6.20 Å². The van der Waals surface area contributed by atoms with Gasteiger partial charge in [0, 0.05) is 29.2 Å². The number of ether oxygens (including phenoxy) is 1. The van der Waals surface area contributed by atoms with Gasteiger partial charge in [-0.25, -0.2) is 0 Å². The second kappa shape index (κ2) is 11.0. The Morgan fingerprint density at radius 1 is 1.03 bits per heavy atom. The van der Waals surface area contributed by atoms with Crippen LogP contribution in [0.2, 0.25) is 0 Å². The molecular weight excluding hydrogens is 422 g/mol. The number of carbonyl (C=O) groups excluding carboxylic acids is 1. The molecule has 0 saturated heterocycles. The second-order valence-corrected chi connectivity index (χ2v) is 9.65. The maximum atomic E-state index is 13.6. The van der Waals surface area contributed by atoms with Crippen LogP contribution < -0.4 is 15.4 Å². The Hall–Kier alpha value is -2.92. The van der Waals surface area contributed by atoms with Crippen LogP contribution in [0.1, 0.15) is 50.5 Å². The molecule has 34 heavy (non-hydrogen) atoms. The average molecular weight is 458 g/mol. The van der Waals surface area contributed by atoms with Crippen LogP contribution in [0.3, 0.4) is 0 Å². The first-order valence-corrected chi connectivity index (χ1v) is 12.9. The fourth-order valence-corrected chi connectivity index (χ4v) is 5.50. The molecule has 5 rings (SSSR count). The fourth-order valence-electron chi connectivity index (χ4n) is 5.50. The molecule has 5 heteroatoms. The zero-order valence-electron chi connectivity index (χ0n) is 19.8. The highest BCUT2D eigenvalue weighted by atomic mass is 16.5. The van der Waals surface area contributed by atoms with E-state index in [4.69, 9.17) is 4.74 Å². The Morgan fingerprint density at radius 2 is 1.88 bits per heavy atom. The van der Waals surface area contributed by atoms with Gasteiger partial charge in [0.05, 0.1) is 12.6 Å². The second-order valence-electron chi connectivity index (χ2n) is 9.65. The molecule has 0 bridgehead atoms. The van der Waals surface area contributed by atoms with Gasteiger partial charge in [-0.15, -0.1) is 0 Å². The molecule has 2 aliphatic rings. The molecule has 2 aromatic carbocycles. The smallest absolute Gasteiger partial charge is 0.154 e. The topological polar surface area (TPSA) is 63.2 Å². The number of benzene rings is 2. The van der Waals surface area contributed by atoms with Crippen molar-refractivity contribution in [3.8, 4) is 5.75 Å². The summed E-state index contributed by atoms with van der Waals surface area (Å²) in [6, 6.07) is 18.5. The number of ketones is 1. The van der Waals surface area contributed by atoms with E-state index in [0.29, 0.717) is 12.4 Å². The summed E-state index contributed by atoms with van der Waals surface area (Å²) in [5, 5.41) is 8.40. The van der Waals surface area contributed by atoms with Gasteiger partial charge >= 0.3 is 0 Å². The SMILES string of the molecule is O=C(C1CCCCC1)C(NCCCOc1cccc2cccnc12)C1CCc2ccccc2N1. The number of hydrogen-bond donors (Lipinski definition) is 2. The van der Waals surface area contributed by atoms with Crippen LogP contribution in [-0.4, -0.2) is 36.0 Å². The number of fused-ring (bicyclic) bond motifs is 2. The van der Waals surface area contributed by atoms with Crippen molar-refractivity contribution in [1.29, 1.82) is 0 Å². The zero-order chi connectivity index (χ0) is 23.2. The molecule has 1 aromatic heterocycles. The predicted octanol–water partition coefficient (Wildman–Crippen LogP) is 5.54. The number of nitrogens with one attached hydrogen (secondary N) is 2. The molecule has 1 saturated carbocycles. The van der Waals surface area contributed by atoms with Crippen molar-refractivity contribution in [3.05, 3.63) is 66.4 Å². The first-order valence-electron chi connectivity index (χ1n) is 12.9. The number of Topliss-reactive ketones (excluding diaryl/α,β-unsaturated/α-hetero) is 1. The number of para-hydroxylation sites is 2. The van der Waals surface area contributed by atoms with Gasteiger partial charge in [-0.2, -0.15) is 0 Å². The third-order valence-electron chi connectivity index (χ3n) is 7.34. The van der Waals surface area contributed by atoms with Gasteiger partial charge in [-0.1, -0.05) is 55.7 Å². The molecule has 5 nitrogen and oxygen atoms in total. The molecule has 3 aromatic rings. The van der Waals surface area contributed by atoms with Crippen LogP contribution in [0.5, 0.6) is 5.75 Å². The quantitative estimate of drug-likeness (QED) is 0.413. The minimum atomic E-state index is -0.157. The summed E-state index contributed by atoms with van der Waals surface area (Å²) in [6.07, 6.45) is 10.3. The Kier molecular flexibility index (Phi) is 7.40. The lowest BCUT2D eigenvalue weighted by Gasteiger charge is -2.35.